The Morgan fingerprint density at radius 3 is 2.87 bits per heavy atom. The minimum atomic E-state index is -0.186. The fourth-order valence-corrected chi connectivity index (χ4v) is 3.68. The summed E-state index contributed by atoms with van der Waals surface area (Å²) in [4.78, 5) is 28.1. The van der Waals surface area contributed by atoms with Gasteiger partial charge in [0, 0.05) is 18.0 Å². The number of carbonyl (C=O) groups excluding carboxylic acids is 2. The number of hydrogen-bond donors (Lipinski definition) is 1. The van der Waals surface area contributed by atoms with Crippen molar-refractivity contribution in [2.45, 2.75) is 32.9 Å². The van der Waals surface area contributed by atoms with Crippen molar-refractivity contribution < 1.29 is 9.59 Å². The normalized spacial score (nSPS) is 14.7. The largest absolute Gasteiger partial charge is 0.345 e. The number of nitrogens with zero attached hydrogens (tertiary/aromatic N) is 1. The summed E-state index contributed by atoms with van der Waals surface area (Å²) in [5, 5.41) is 4.99. The van der Waals surface area contributed by atoms with Crippen molar-refractivity contribution in [3.8, 4) is 0 Å². The lowest BCUT2D eigenvalue weighted by atomic mass is 10.0. The summed E-state index contributed by atoms with van der Waals surface area (Å²) in [7, 11) is 0. The molecule has 0 radical (unpaired) electrons. The van der Waals surface area contributed by atoms with E-state index in [2.05, 4.69) is 5.32 Å². The lowest BCUT2D eigenvalue weighted by Crippen LogP contribution is -2.29. The van der Waals surface area contributed by atoms with E-state index in [-0.39, 0.29) is 17.9 Å². The summed E-state index contributed by atoms with van der Waals surface area (Å²) in [5.74, 6) is -0.217. The van der Waals surface area contributed by atoms with Gasteiger partial charge in [0.1, 0.15) is 0 Å². The molecular weight excluding hydrogens is 308 g/mol. The fraction of sp³-hybridized carbons (Fsp3) is 0.333. The van der Waals surface area contributed by atoms with Crippen LogP contribution in [-0.4, -0.2) is 23.3 Å². The van der Waals surface area contributed by atoms with Crippen LogP contribution in [-0.2, 0) is 6.54 Å². The average molecular weight is 328 g/mol. The minimum Gasteiger partial charge on any atom is -0.345 e. The second-order valence-electron chi connectivity index (χ2n) is 5.78. The number of amides is 2. The second-order valence-corrected chi connectivity index (χ2v) is 6.76. The maximum atomic E-state index is 12.6. The molecule has 0 saturated carbocycles. The molecular formula is C18H20N2O2S. The van der Waals surface area contributed by atoms with Gasteiger partial charge in [-0.2, -0.15) is 0 Å². The Morgan fingerprint density at radius 2 is 2.17 bits per heavy atom. The quantitative estimate of drug-likeness (QED) is 0.911. The summed E-state index contributed by atoms with van der Waals surface area (Å²) >= 11 is 1.61. The van der Waals surface area contributed by atoms with Gasteiger partial charge >= 0.3 is 0 Å². The van der Waals surface area contributed by atoms with Gasteiger partial charge in [-0.3, -0.25) is 9.59 Å². The summed E-state index contributed by atoms with van der Waals surface area (Å²) in [6.45, 7) is 5.33. The van der Waals surface area contributed by atoms with Crippen LogP contribution >= 0.6 is 11.3 Å². The predicted molar refractivity (Wildman–Crippen MR) is 91.7 cm³/mol. The van der Waals surface area contributed by atoms with E-state index in [1.54, 1.807) is 17.4 Å². The standard InChI is InChI=1S/C18H20N2O2S/c1-3-9-20-11-13-6-4-7-14(16(13)18(20)22)17(21)19-12(2)15-8-5-10-23-15/h4-8,10,12H,3,9,11H2,1-2H3,(H,19,21)/t12-/m0/s1. The molecule has 1 N–H and O–H groups in total. The van der Waals surface area contributed by atoms with Crippen molar-refractivity contribution in [2.75, 3.05) is 6.54 Å². The van der Waals surface area contributed by atoms with Gasteiger partial charge in [0.15, 0.2) is 0 Å². The monoisotopic (exact) mass is 328 g/mol. The Labute approximate surface area is 140 Å². The zero-order chi connectivity index (χ0) is 16.4. The number of fused-ring (bicyclic) bond motifs is 1. The molecule has 0 bridgehead atoms. The smallest absolute Gasteiger partial charge is 0.255 e. The Morgan fingerprint density at radius 1 is 1.35 bits per heavy atom. The van der Waals surface area contributed by atoms with Gasteiger partial charge in [-0.25, -0.2) is 0 Å². The van der Waals surface area contributed by atoms with Gasteiger partial charge in [0.25, 0.3) is 11.8 Å². The third-order valence-electron chi connectivity index (χ3n) is 4.07. The van der Waals surface area contributed by atoms with Crippen molar-refractivity contribution in [1.29, 1.82) is 0 Å². The summed E-state index contributed by atoms with van der Waals surface area (Å²) in [5.41, 5.74) is 1.99. The number of rotatable bonds is 5. The Kier molecular flexibility index (Phi) is 4.48. The van der Waals surface area contributed by atoms with Crippen LogP contribution in [0, 0.1) is 0 Å². The molecule has 2 heterocycles. The lowest BCUT2D eigenvalue weighted by molar-refractivity contribution is 0.0772. The van der Waals surface area contributed by atoms with Crippen LogP contribution in [0.25, 0.3) is 0 Å². The lowest BCUT2D eigenvalue weighted by Gasteiger charge is -2.15. The van der Waals surface area contributed by atoms with E-state index in [0.29, 0.717) is 17.7 Å². The summed E-state index contributed by atoms with van der Waals surface area (Å²) < 4.78 is 0. The van der Waals surface area contributed by atoms with Gasteiger partial charge in [-0.05, 0) is 36.4 Å². The first-order chi connectivity index (χ1) is 11.1. The van der Waals surface area contributed by atoms with Crippen LogP contribution in [0.15, 0.2) is 35.7 Å². The first-order valence-electron chi connectivity index (χ1n) is 7.87. The molecule has 2 aromatic rings. The topological polar surface area (TPSA) is 49.4 Å². The molecule has 0 fully saturated rings. The predicted octanol–water partition coefficient (Wildman–Crippen LogP) is 3.60. The highest BCUT2D eigenvalue weighted by atomic mass is 32.1. The maximum absolute atomic E-state index is 12.6. The van der Waals surface area contributed by atoms with E-state index in [1.165, 1.54) is 0 Å². The van der Waals surface area contributed by atoms with Gasteiger partial charge < -0.3 is 10.2 Å². The van der Waals surface area contributed by atoms with Gasteiger partial charge in [0.2, 0.25) is 0 Å². The number of nitrogens with one attached hydrogen (secondary N) is 1. The van der Waals surface area contributed by atoms with E-state index >= 15 is 0 Å². The number of hydrogen-bond acceptors (Lipinski definition) is 3. The number of carbonyl (C=O) groups is 2. The van der Waals surface area contributed by atoms with Gasteiger partial charge in [0.05, 0.1) is 17.2 Å². The molecule has 23 heavy (non-hydrogen) atoms. The van der Waals surface area contributed by atoms with Crippen LogP contribution < -0.4 is 5.32 Å². The zero-order valence-corrected chi connectivity index (χ0v) is 14.2. The molecule has 2 amide bonds. The second kappa shape index (κ2) is 6.54. The van der Waals surface area contributed by atoms with Crippen LogP contribution in [0.4, 0.5) is 0 Å². The molecule has 0 aliphatic carbocycles. The minimum absolute atomic E-state index is 0.0311. The average Bonchev–Trinajstić information content (AvgIpc) is 3.17. The van der Waals surface area contributed by atoms with Crippen LogP contribution in [0.3, 0.4) is 0 Å². The Balaban J connectivity index is 1.83. The Hall–Kier alpha value is -2.14. The molecule has 1 atom stereocenters. The highest BCUT2D eigenvalue weighted by Gasteiger charge is 2.31. The number of benzene rings is 1. The molecule has 1 aromatic heterocycles. The summed E-state index contributed by atoms with van der Waals surface area (Å²) in [6, 6.07) is 9.42. The molecule has 0 unspecified atom stereocenters. The van der Waals surface area contributed by atoms with E-state index in [0.717, 1.165) is 23.4 Å². The highest BCUT2D eigenvalue weighted by Crippen LogP contribution is 2.27. The van der Waals surface area contributed by atoms with E-state index in [9.17, 15) is 9.59 Å². The first kappa shape index (κ1) is 15.7. The summed E-state index contributed by atoms with van der Waals surface area (Å²) in [6.07, 6.45) is 0.913. The third kappa shape index (κ3) is 3.01. The van der Waals surface area contributed by atoms with Gasteiger partial charge in [-0.1, -0.05) is 25.1 Å². The third-order valence-corrected chi connectivity index (χ3v) is 5.12. The van der Waals surface area contributed by atoms with Crippen LogP contribution in [0.5, 0.6) is 0 Å². The van der Waals surface area contributed by atoms with Gasteiger partial charge in [-0.15, -0.1) is 11.3 Å². The van der Waals surface area contributed by atoms with Crippen LogP contribution in [0.2, 0.25) is 0 Å². The fourth-order valence-electron chi connectivity index (χ4n) is 2.94. The molecule has 120 valence electrons. The van der Waals surface area contributed by atoms with E-state index in [4.69, 9.17) is 0 Å². The molecule has 0 spiro atoms. The van der Waals surface area contributed by atoms with E-state index in [1.807, 2.05) is 48.4 Å². The molecule has 5 heteroatoms. The van der Waals surface area contributed by atoms with Crippen molar-refractivity contribution in [1.82, 2.24) is 10.2 Å². The van der Waals surface area contributed by atoms with Crippen molar-refractivity contribution in [3.63, 3.8) is 0 Å². The Bertz CT molecular complexity index is 725. The van der Waals surface area contributed by atoms with Crippen LogP contribution in [0.1, 0.15) is 57.5 Å². The van der Waals surface area contributed by atoms with Crippen molar-refractivity contribution in [2.24, 2.45) is 0 Å². The zero-order valence-electron chi connectivity index (χ0n) is 13.3. The van der Waals surface area contributed by atoms with E-state index < -0.39 is 0 Å². The molecule has 3 rings (SSSR count). The van der Waals surface area contributed by atoms with Crippen molar-refractivity contribution >= 4 is 23.2 Å². The molecule has 1 aliphatic heterocycles. The first-order valence-corrected chi connectivity index (χ1v) is 8.75. The molecule has 1 aliphatic rings. The highest BCUT2D eigenvalue weighted by molar-refractivity contribution is 7.10. The number of thiophene rings is 1. The SMILES string of the molecule is CCCN1Cc2cccc(C(=O)N[C@@H](C)c3cccs3)c2C1=O. The molecule has 1 aromatic carbocycles. The molecule has 4 nitrogen and oxygen atoms in total. The van der Waals surface area contributed by atoms with Crippen molar-refractivity contribution in [3.05, 3.63) is 57.3 Å². The molecule has 0 saturated heterocycles. The maximum Gasteiger partial charge on any atom is 0.255 e.